The van der Waals surface area contributed by atoms with E-state index in [2.05, 4.69) is 214 Å². The van der Waals surface area contributed by atoms with Crippen molar-refractivity contribution in [3.8, 4) is 28.2 Å². The number of hydrogen-bond acceptors (Lipinski definition) is 0. The molecule has 12 rings (SSSR count). The zero-order chi connectivity index (χ0) is 37.5. The molecular formula is C54H37N3. The third kappa shape index (κ3) is 4.92. The minimum absolute atomic E-state index is 0.987. The SMILES string of the molecule is C1=C(c2ccc3c4ccc(-c5ccc6c(c5)c5ccccc5n6-c5ccccc5)cc4n(-c4ccccc4)c3c2)CCc2c1c1ccccc1n2-c1ccccc1. The van der Waals surface area contributed by atoms with Crippen LogP contribution in [0.2, 0.25) is 0 Å². The van der Waals surface area contributed by atoms with E-state index in [9.17, 15) is 0 Å². The summed E-state index contributed by atoms with van der Waals surface area (Å²) in [6, 6.07) is 71.0. The molecule has 0 saturated carbocycles. The molecule has 0 aliphatic heterocycles. The Hall–Kier alpha value is -7.36. The van der Waals surface area contributed by atoms with Crippen molar-refractivity contribution >= 4 is 66.2 Å². The van der Waals surface area contributed by atoms with Crippen molar-refractivity contribution in [1.82, 2.24) is 13.7 Å². The highest BCUT2D eigenvalue weighted by Gasteiger charge is 2.23. The van der Waals surface area contributed by atoms with Gasteiger partial charge >= 0.3 is 0 Å². The molecule has 3 nitrogen and oxygen atoms in total. The molecule has 0 amide bonds. The van der Waals surface area contributed by atoms with Gasteiger partial charge in [-0.1, -0.05) is 121 Å². The summed E-state index contributed by atoms with van der Waals surface area (Å²) < 4.78 is 7.31. The van der Waals surface area contributed by atoms with Gasteiger partial charge in [0.15, 0.2) is 0 Å². The fourth-order valence-corrected chi connectivity index (χ4v) is 9.59. The van der Waals surface area contributed by atoms with Crippen molar-refractivity contribution in [2.75, 3.05) is 0 Å². The van der Waals surface area contributed by atoms with Gasteiger partial charge in [-0.15, -0.1) is 0 Å². The van der Waals surface area contributed by atoms with E-state index in [0.717, 1.165) is 12.8 Å². The Labute approximate surface area is 330 Å². The van der Waals surface area contributed by atoms with E-state index in [-0.39, 0.29) is 0 Å². The molecule has 1 aliphatic rings. The molecule has 57 heavy (non-hydrogen) atoms. The second-order valence-corrected chi connectivity index (χ2v) is 15.3. The number of rotatable bonds is 5. The minimum Gasteiger partial charge on any atom is -0.313 e. The van der Waals surface area contributed by atoms with Crippen LogP contribution in [0.4, 0.5) is 0 Å². The Morgan fingerprint density at radius 1 is 0.298 bits per heavy atom. The van der Waals surface area contributed by atoms with Gasteiger partial charge < -0.3 is 13.7 Å². The average molecular weight is 728 g/mol. The number of fused-ring (bicyclic) bond motifs is 9. The highest BCUT2D eigenvalue weighted by atomic mass is 15.0. The minimum atomic E-state index is 0.987. The number of benzene rings is 8. The van der Waals surface area contributed by atoms with Gasteiger partial charge in [-0.05, 0) is 114 Å². The monoisotopic (exact) mass is 727 g/mol. The molecule has 3 heterocycles. The third-order valence-electron chi connectivity index (χ3n) is 12.2. The van der Waals surface area contributed by atoms with Crippen molar-refractivity contribution in [3.63, 3.8) is 0 Å². The lowest BCUT2D eigenvalue weighted by atomic mass is 9.90. The highest BCUT2D eigenvalue weighted by Crippen LogP contribution is 2.42. The molecule has 0 radical (unpaired) electrons. The van der Waals surface area contributed by atoms with Gasteiger partial charge in [0.25, 0.3) is 0 Å². The predicted octanol–water partition coefficient (Wildman–Crippen LogP) is 14.0. The molecular weight excluding hydrogens is 691 g/mol. The first-order chi connectivity index (χ1) is 28.3. The van der Waals surface area contributed by atoms with Crippen molar-refractivity contribution < 1.29 is 0 Å². The van der Waals surface area contributed by atoms with E-state index in [1.807, 2.05) is 0 Å². The first kappa shape index (κ1) is 31.9. The summed E-state index contributed by atoms with van der Waals surface area (Å²) in [6.07, 6.45) is 4.43. The van der Waals surface area contributed by atoms with Crippen molar-refractivity contribution in [2.45, 2.75) is 12.8 Å². The molecule has 0 bridgehead atoms. The fourth-order valence-electron chi connectivity index (χ4n) is 9.59. The lowest BCUT2D eigenvalue weighted by Crippen LogP contribution is -2.05. The van der Waals surface area contributed by atoms with Crippen LogP contribution in [0.25, 0.3) is 94.4 Å². The average Bonchev–Trinajstić information content (AvgIpc) is 3.92. The molecule has 268 valence electrons. The maximum Gasteiger partial charge on any atom is 0.0547 e. The molecule has 0 atom stereocenters. The van der Waals surface area contributed by atoms with E-state index in [0.29, 0.717) is 0 Å². The fraction of sp³-hybridized carbons (Fsp3) is 0.0370. The van der Waals surface area contributed by atoms with Crippen LogP contribution in [0.1, 0.15) is 23.2 Å². The lowest BCUT2D eigenvalue weighted by Gasteiger charge is -2.18. The van der Waals surface area contributed by atoms with Gasteiger partial charge in [0, 0.05) is 55.3 Å². The number of para-hydroxylation sites is 5. The zero-order valence-corrected chi connectivity index (χ0v) is 31.3. The predicted molar refractivity (Wildman–Crippen MR) is 240 cm³/mol. The molecule has 8 aromatic carbocycles. The van der Waals surface area contributed by atoms with Crippen LogP contribution < -0.4 is 0 Å². The van der Waals surface area contributed by atoms with Gasteiger partial charge in [-0.3, -0.25) is 0 Å². The summed E-state index contributed by atoms with van der Waals surface area (Å²) in [5.41, 5.74) is 17.5. The summed E-state index contributed by atoms with van der Waals surface area (Å²) in [4.78, 5) is 0. The summed E-state index contributed by atoms with van der Waals surface area (Å²) in [6.45, 7) is 0. The second-order valence-electron chi connectivity index (χ2n) is 15.3. The Balaban J connectivity index is 1.02. The maximum atomic E-state index is 2.47. The van der Waals surface area contributed by atoms with Crippen LogP contribution in [-0.2, 0) is 6.42 Å². The summed E-state index contributed by atoms with van der Waals surface area (Å²) in [7, 11) is 0. The van der Waals surface area contributed by atoms with E-state index in [4.69, 9.17) is 0 Å². The normalized spacial score (nSPS) is 12.9. The van der Waals surface area contributed by atoms with E-state index < -0.39 is 0 Å². The second kappa shape index (κ2) is 12.6. The standard InChI is InChI=1S/C54H37N3/c1-4-14-40(15-5-1)55-49-22-12-10-20-43(49)47-32-36(26-30-51(47)55)38-24-28-45-46-29-25-39(35-54(46)57(53(45)34-38)42-18-8-3-9-19-42)37-27-31-52-48(33-37)44-21-11-13-23-50(44)56(52)41-16-6-2-7-17-41/h1-26,28-30,32-35H,27,31H2. The van der Waals surface area contributed by atoms with Gasteiger partial charge in [-0.25, -0.2) is 0 Å². The smallest absolute Gasteiger partial charge is 0.0547 e. The maximum absolute atomic E-state index is 2.47. The molecule has 3 aromatic heterocycles. The van der Waals surface area contributed by atoms with E-state index in [1.165, 1.54) is 105 Å². The number of nitrogens with zero attached hydrogens (tertiary/aromatic N) is 3. The molecule has 0 spiro atoms. The van der Waals surface area contributed by atoms with Crippen LogP contribution in [0, 0.1) is 0 Å². The largest absolute Gasteiger partial charge is 0.313 e. The molecule has 3 heteroatoms. The van der Waals surface area contributed by atoms with Crippen LogP contribution in [0.3, 0.4) is 0 Å². The summed E-state index contributed by atoms with van der Waals surface area (Å²) in [5.74, 6) is 0. The highest BCUT2D eigenvalue weighted by molar-refractivity contribution is 6.13. The number of hydrogen-bond donors (Lipinski definition) is 0. The first-order valence-corrected chi connectivity index (χ1v) is 19.9. The van der Waals surface area contributed by atoms with Gasteiger partial charge in [0.05, 0.1) is 27.6 Å². The Morgan fingerprint density at radius 3 is 1.42 bits per heavy atom. The van der Waals surface area contributed by atoms with Crippen LogP contribution in [0.15, 0.2) is 194 Å². The summed E-state index contributed by atoms with van der Waals surface area (Å²) in [5, 5.41) is 6.36. The number of allylic oxidation sites excluding steroid dienone is 1. The van der Waals surface area contributed by atoms with Crippen molar-refractivity contribution in [1.29, 1.82) is 0 Å². The molecule has 0 fully saturated rings. The van der Waals surface area contributed by atoms with Crippen molar-refractivity contribution in [2.24, 2.45) is 0 Å². The Bertz CT molecular complexity index is 3380. The van der Waals surface area contributed by atoms with E-state index >= 15 is 0 Å². The Morgan fingerprint density at radius 2 is 0.754 bits per heavy atom. The van der Waals surface area contributed by atoms with Gasteiger partial charge in [0.2, 0.25) is 0 Å². The quantitative estimate of drug-likeness (QED) is 0.168. The molecule has 0 saturated heterocycles. The first-order valence-electron chi connectivity index (χ1n) is 19.9. The lowest BCUT2D eigenvalue weighted by molar-refractivity contribution is 0.898. The van der Waals surface area contributed by atoms with Gasteiger partial charge in [-0.2, -0.15) is 0 Å². The Kier molecular flexibility index (Phi) is 7.05. The summed E-state index contributed by atoms with van der Waals surface area (Å²) >= 11 is 0. The van der Waals surface area contributed by atoms with E-state index in [1.54, 1.807) is 0 Å². The van der Waals surface area contributed by atoms with Crippen LogP contribution in [-0.4, -0.2) is 13.7 Å². The van der Waals surface area contributed by atoms with Gasteiger partial charge in [0.1, 0.15) is 0 Å². The van der Waals surface area contributed by atoms with Crippen LogP contribution >= 0.6 is 0 Å². The zero-order valence-electron chi connectivity index (χ0n) is 31.3. The molecule has 1 aliphatic carbocycles. The molecule has 0 unspecified atom stereocenters. The topological polar surface area (TPSA) is 14.8 Å². The number of aromatic nitrogens is 3. The van der Waals surface area contributed by atoms with Crippen LogP contribution in [0.5, 0.6) is 0 Å². The van der Waals surface area contributed by atoms with Crippen molar-refractivity contribution in [3.05, 3.63) is 211 Å². The third-order valence-corrected chi connectivity index (χ3v) is 12.2. The molecule has 0 N–H and O–H groups in total. The molecule has 11 aromatic rings.